The third kappa shape index (κ3) is 6.73. The monoisotopic (exact) mass is 805 g/mol. The quantitative estimate of drug-likeness (QED) is 0.153. The summed E-state index contributed by atoms with van der Waals surface area (Å²) in [7, 11) is 0. The number of para-hydroxylation sites is 2. The van der Waals surface area contributed by atoms with Crippen LogP contribution in [-0.2, 0) is 0 Å². The van der Waals surface area contributed by atoms with Gasteiger partial charge in [-0.2, -0.15) is 0 Å². The molecule has 0 aliphatic carbocycles. The Labute approximate surface area is 365 Å². The van der Waals surface area contributed by atoms with Gasteiger partial charge >= 0.3 is 0 Å². The fraction of sp³-hybridized carbons (Fsp3) is 0. The van der Waals surface area contributed by atoms with Gasteiger partial charge in [-0.3, -0.25) is 0 Å². The van der Waals surface area contributed by atoms with Crippen LogP contribution in [0.3, 0.4) is 0 Å². The standard InChI is InChI=1S/C60H39NO2/c1-3-11-40(12-4-1)47-35-48(41-13-5-2-6-14-41)37-49(36-47)44-23-31-52(32-24-44)61(50-27-19-42(20-28-50)45-26-34-59-56(38-45)54-16-8-10-18-58(54)62-59)51-29-21-43(22-30-51)46-25-33-55-53-15-7-9-17-57(53)63-60(55)39-46/h1-39H. The molecule has 0 aliphatic rings. The Bertz CT molecular complexity index is 3530. The molecule has 0 amide bonds. The molecular formula is C60H39NO2. The van der Waals surface area contributed by atoms with E-state index in [9.17, 15) is 0 Å². The van der Waals surface area contributed by atoms with Gasteiger partial charge in [0.25, 0.3) is 0 Å². The van der Waals surface area contributed by atoms with Crippen LogP contribution >= 0.6 is 0 Å². The van der Waals surface area contributed by atoms with E-state index in [1.807, 2.05) is 24.3 Å². The summed E-state index contributed by atoms with van der Waals surface area (Å²) in [4.78, 5) is 2.34. The zero-order chi connectivity index (χ0) is 41.7. The van der Waals surface area contributed by atoms with Gasteiger partial charge in [-0.25, -0.2) is 0 Å². The van der Waals surface area contributed by atoms with E-state index in [0.717, 1.165) is 88.8 Å². The maximum absolute atomic E-state index is 6.26. The highest BCUT2D eigenvalue weighted by atomic mass is 16.3. The van der Waals surface area contributed by atoms with Gasteiger partial charge in [-0.05, 0) is 147 Å². The van der Waals surface area contributed by atoms with E-state index in [0.29, 0.717) is 0 Å². The molecule has 12 aromatic rings. The summed E-state index contributed by atoms with van der Waals surface area (Å²) >= 11 is 0. The zero-order valence-electron chi connectivity index (χ0n) is 34.3. The van der Waals surface area contributed by atoms with Crippen LogP contribution in [0, 0.1) is 0 Å². The average Bonchev–Trinajstić information content (AvgIpc) is 3.93. The maximum atomic E-state index is 6.26. The summed E-state index contributed by atoms with van der Waals surface area (Å²) in [6.07, 6.45) is 0. The molecule has 0 N–H and O–H groups in total. The van der Waals surface area contributed by atoms with E-state index >= 15 is 0 Å². The molecule has 0 aliphatic heterocycles. The van der Waals surface area contributed by atoms with Crippen molar-refractivity contribution in [3.8, 4) is 55.6 Å². The van der Waals surface area contributed by atoms with Gasteiger partial charge in [0.15, 0.2) is 0 Å². The summed E-state index contributed by atoms with van der Waals surface area (Å²) in [6, 6.07) is 84.3. The molecule has 3 heteroatoms. The summed E-state index contributed by atoms with van der Waals surface area (Å²) in [5.41, 5.74) is 18.4. The van der Waals surface area contributed by atoms with Gasteiger partial charge in [0, 0.05) is 38.6 Å². The van der Waals surface area contributed by atoms with Crippen molar-refractivity contribution in [2.75, 3.05) is 4.90 Å². The van der Waals surface area contributed by atoms with Crippen molar-refractivity contribution in [1.29, 1.82) is 0 Å². The normalized spacial score (nSPS) is 11.5. The first-order chi connectivity index (χ1) is 31.2. The first-order valence-corrected chi connectivity index (χ1v) is 21.4. The van der Waals surface area contributed by atoms with Crippen LogP contribution in [0.5, 0.6) is 0 Å². The van der Waals surface area contributed by atoms with Gasteiger partial charge in [0.1, 0.15) is 22.3 Å². The average molecular weight is 806 g/mol. The van der Waals surface area contributed by atoms with Gasteiger partial charge in [0.2, 0.25) is 0 Å². The Morgan fingerprint density at radius 3 is 1.08 bits per heavy atom. The van der Waals surface area contributed by atoms with Gasteiger partial charge in [-0.1, -0.05) is 146 Å². The van der Waals surface area contributed by atoms with Crippen molar-refractivity contribution in [1.82, 2.24) is 0 Å². The molecule has 0 fully saturated rings. The van der Waals surface area contributed by atoms with Gasteiger partial charge < -0.3 is 13.7 Å². The summed E-state index contributed by atoms with van der Waals surface area (Å²) in [5.74, 6) is 0. The van der Waals surface area contributed by atoms with Gasteiger partial charge in [0.05, 0.1) is 0 Å². The van der Waals surface area contributed by atoms with E-state index in [-0.39, 0.29) is 0 Å². The number of rotatable bonds is 8. The molecule has 2 aromatic heterocycles. The second-order valence-corrected chi connectivity index (χ2v) is 16.1. The Morgan fingerprint density at radius 1 is 0.206 bits per heavy atom. The third-order valence-corrected chi connectivity index (χ3v) is 12.3. The van der Waals surface area contributed by atoms with Crippen molar-refractivity contribution in [3.63, 3.8) is 0 Å². The Balaban J connectivity index is 0.926. The van der Waals surface area contributed by atoms with Crippen molar-refractivity contribution in [3.05, 3.63) is 237 Å². The van der Waals surface area contributed by atoms with E-state index in [1.165, 1.54) is 27.8 Å². The van der Waals surface area contributed by atoms with Crippen LogP contribution in [0.1, 0.15) is 0 Å². The Kier molecular flexibility index (Phi) is 8.83. The molecule has 63 heavy (non-hydrogen) atoms. The number of hydrogen-bond acceptors (Lipinski definition) is 3. The number of benzene rings is 10. The summed E-state index contributed by atoms with van der Waals surface area (Å²) < 4.78 is 12.4. The maximum Gasteiger partial charge on any atom is 0.136 e. The molecular weight excluding hydrogens is 767 g/mol. The molecule has 2 heterocycles. The molecule has 0 atom stereocenters. The summed E-state index contributed by atoms with van der Waals surface area (Å²) in [5, 5.41) is 4.52. The lowest BCUT2D eigenvalue weighted by Crippen LogP contribution is -2.09. The van der Waals surface area contributed by atoms with E-state index in [4.69, 9.17) is 8.83 Å². The minimum Gasteiger partial charge on any atom is -0.456 e. The molecule has 10 aromatic carbocycles. The van der Waals surface area contributed by atoms with E-state index in [2.05, 4.69) is 217 Å². The predicted octanol–water partition coefficient (Wildman–Crippen LogP) is 17.3. The lowest BCUT2D eigenvalue weighted by atomic mass is 9.93. The molecule has 296 valence electrons. The second-order valence-electron chi connectivity index (χ2n) is 16.1. The number of furan rings is 2. The zero-order valence-corrected chi connectivity index (χ0v) is 34.3. The van der Waals surface area contributed by atoms with Crippen LogP contribution in [0.25, 0.3) is 99.5 Å². The molecule has 0 bridgehead atoms. The van der Waals surface area contributed by atoms with Crippen molar-refractivity contribution in [2.45, 2.75) is 0 Å². The molecule has 0 unspecified atom stereocenters. The first-order valence-electron chi connectivity index (χ1n) is 21.4. The van der Waals surface area contributed by atoms with Crippen molar-refractivity contribution >= 4 is 60.9 Å². The van der Waals surface area contributed by atoms with E-state index in [1.54, 1.807) is 0 Å². The SMILES string of the molecule is c1ccc(-c2cc(-c3ccccc3)cc(-c3ccc(N(c4ccc(-c5ccc6c(c5)oc5ccccc56)cc4)c4ccc(-c5ccc6oc7ccccc7c6c5)cc4)cc3)c2)cc1. The summed E-state index contributed by atoms with van der Waals surface area (Å²) in [6.45, 7) is 0. The van der Waals surface area contributed by atoms with E-state index < -0.39 is 0 Å². The fourth-order valence-corrected chi connectivity index (χ4v) is 9.06. The smallest absolute Gasteiger partial charge is 0.136 e. The minimum atomic E-state index is 0.893. The molecule has 0 spiro atoms. The largest absolute Gasteiger partial charge is 0.456 e. The van der Waals surface area contributed by atoms with Crippen LogP contribution in [-0.4, -0.2) is 0 Å². The van der Waals surface area contributed by atoms with Crippen LogP contribution < -0.4 is 4.90 Å². The number of nitrogens with zero attached hydrogens (tertiary/aromatic N) is 1. The second kappa shape index (κ2) is 15.3. The van der Waals surface area contributed by atoms with Crippen molar-refractivity contribution < 1.29 is 8.83 Å². The van der Waals surface area contributed by atoms with Crippen LogP contribution in [0.15, 0.2) is 245 Å². The van der Waals surface area contributed by atoms with Crippen molar-refractivity contribution in [2.24, 2.45) is 0 Å². The van der Waals surface area contributed by atoms with Crippen LogP contribution in [0.2, 0.25) is 0 Å². The number of hydrogen-bond donors (Lipinski definition) is 0. The highest BCUT2D eigenvalue weighted by molar-refractivity contribution is 6.07. The number of anilines is 3. The number of fused-ring (bicyclic) bond motifs is 6. The highest BCUT2D eigenvalue weighted by Gasteiger charge is 2.16. The third-order valence-electron chi connectivity index (χ3n) is 12.3. The topological polar surface area (TPSA) is 29.5 Å². The molecule has 0 radical (unpaired) electrons. The predicted molar refractivity (Wildman–Crippen MR) is 263 cm³/mol. The Morgan fingerprint density at radius 2 is 0.556 bits per heavy atom. The lowest BCUT2D eigenvalue weighted by Gasteiger charge is -2.26. The molecule has 0 saturated heterocycles. The van der Waals surface area contributed by atoms with Gasteiger partial charge in [-0.15, -0.1) is 0 Å². The van der Waals surface area contributed by atoms with Crippen LogP contribution in [0.4, 0.5) is 17.1 Å². The lowest BCUT2D eigenvalue weighted by molar-refractivity contribution is 0.668. The minimum absolute atomic E-state index is 0.893. The molecule has 0 saturated carbocycles. The Hall–Kier alpha value is -8.40. The molecule has 3 nitrogen and oxygen atoms in total. The molecule has 12 rings (SSSR count). The highest BCUT2D eigenvalue weighted by Crippen LogP contribution is 2.41. The fourth-order valence-electron chi connectivity index (χ4n) is 9.06. The first kappa shape index (κ1) is 36.5.